The van der Waals surface area contributed by atoms with E-state index >= 15 is 0 Å². The standard InChI is InChI=1S/C15H23N3O/c1-11-6-4-7-12(14(16)17-19)13(11)18-9-5-8-15(2,3)10-18/h4,6-7,19H,5,8-10H2,1-3H3,(H2,16,17). The van der Waals surface area contributed by atoms with Crippen LogP contribution in [0, 0.1) is 12.3 Å². The number of hydrogen-bond acceptors (Lipinski definition) is 3. The zero-order chi connectivity index (χ0) is 14.0. The van der Waals surface area contributed by atoms with Crippen molar-refractivity contribution in [1.29, 1.82) is 0 Å². The smallest absolute Gasteiger partial charge is 0.172 e. The highest BCUT2D eigenvalue weighted by Gasteiger charge is 2.28. The van der Waals surface area contributed by atoms with E-state index in [4.69, 9.17) is 10.9 Å². The predicted molar refractivity (Wildman–Crippen MR) is 78.9 cm³/mol. The zero-order valence-electron chi connectivity index (χ0n) is 12.0. The summed E-state index contributed by atoms with van der Waals surface area (Å²) < 4.78 is 0. The van der Waals surface area contributed by atoms with Crippen molar-refractivity contribution in [3.63, 3.8) is 0 Å². The van der Waals surface area contributed by atoms with Crippen molar-refractivity contribution < 1.29 is 5.21 Å². The lowest BCUT2D eigenvalue weighted by Gasteiger charge is -2.40. The van der Waals surface area contributed by atoms with Crippen LogP contribution in [-0.2, 0) is 0 Å². The normalized spacial score (nSPS) is 19.5. The molecule has 1 fully saturated rings. The van der Waals surface area contributed by atoms with Crippen molar-refractivity contribution in [2.75, 3.05) is 18.0 Å². The van der Waals surface area contributed by atoms with E-state index in [0.29, 0.717) is 5.41 Å². The lowest BCUT2D eigenvalue weighted by Crippen LogP contribution is -2.41. The second kappa shape index (κ2) is 5.11. The number of oxime groups is 1. The largest absolute Gasteiger partial charge is 0.409 e. The van der Waals surface area contributed by atoms with Crippen LogP contribution in [0.2, 0.25) is 0 Å². The number of piperidine rings is 1. The Balaban J connectivity index is 2.43. The SMILES string of the molecule is Cc1cccc(/C(N)=N/O)c1N1CCCC(C)(C)C1. The molecule has 19 heavy (non-hydrogen) atoms. The number of anilines is 1. The van der Waals surface area contributed by atoms with Crippen LogP contribution in [0.1, 0.15) is 37.8 Å². The molecule has 0 aliphatic carbocycles. The van der Waals surface area contributed by atoms with Gasteiger partial charge in [0.25, 0.3) is 0 Å². The van der Waals surface area contributed by atoms with Crippen molar-refractivity contribution in [1.82, 2.24) is 0 Å². The molecular weight excluding hydrogens is 238 g/mol. The van der Waals surface area contributed by atoms with Gasteiger partial charge in [0.1, 0.15) is 0 Å². The molecule has 0 aromatic heterocycles. The van der Waals surface area contributed by atoms with Gasteiger partial charge >= 0.3 is 0 Å². The number of nitrogens with zero attached hydrogens (tertiary/aromatic N) is 2. The lowest BCUT2D eigenvalue weighted by molar-refractivity contribution is 0.293. The molecule has 4 heteroatoms. The highest BCUT2D eigenvalue weighted by molar-refractivity contribution is 6.02. The molecule has 1 aromatic rings. The molecule has 0 amide bonds. The van der Waals surface area contributed by atoms with E-state index in [2.05, 4.69) is 36.9 Å². The molecule has 4 nitrogen and oxygen atoms in total. The van der Waals surface area contributed by atoms with Crippen molar-refractivity contribution in [3.05, 3.63) is 29.3 Å². The molecule has 2 rings (SSSR count). The van der Waals surface area contributed by atoms with Gasteiger partial charge in [0.2, 0.25) is 0 Å². The molecule has 0 spiro atoms. The fourth-order valence-electron chi connectivity index (χ4n) is 2.95. The van der Waals surface area contributed by atoms with Gasteiger partial charge < -0.3 is 15.8 Å². The molecule has 0 saturated carbocycles. The summed E-state index contributed by atoms with van der Waals surface area (Å²) in [5, 5.41) is 12.1. The van der Waals surface area contributed by atoms with E-state index < -0.39 is 0 Å². The molecule has 1 aliphatic heterocycles. The molecule has 1 aromatic carbocycles. The Hall–Kier alpha value is -1.71. The highest BCUT2D eigenvalue weighted by Crippen LogP contribution is 2.34. The predicted octanol–water partition coefficient (Wildman–Crippen LogP) is 2.72. The van der Waals surface area contributed by atoms with Crippen LogP contribution in [0.4, 0.5) is 5.69 Å². The molecule has 0 bridgehead atoms. The Labute approximate surface area is 114 Å². The summed E-state index contributed by atoms with van der Waals surface area (Å²) in [7, 11) is 0. The van der Waals surface area contributed by atoms with Gasteiger partial charge in [0, 0.05) is 18.7 Å². The van der Waals surface area contributed by atoms with Gasteiger partial charge in [-0.3, -0.25) is 0 Å². The third kappa shape index (κ3) is 2.83. The first kappa shape index (κ1) is 13.7. The van der Waals surface area contributed by atoms with Gasteiger partial charge in [-0.2, -0.15) is 0 Å². The van der Waals surface area contributed by atoms with Crippen LogP contribution >= 0.6 is 0 Å². The van der Waals surface area contributed by atoms with Crippen LogP contribution < -0.4 is 10.6 Å². The molecule has 0 unspecified atom stereocenters. The highest BCUT2D eigenvalue weighted by atomic mass is 16.4. The summed E-state index contributed by atoms with van der Waals surface area (Å²) in [6.07, 6.45) is 2.42. The van der Waals surface area contributed by atoms with E-state index in [1.165, 1.54) is 18.4 Å². The van der Waals surface area contributed by atoms with E-state index in [1.807, 2.05) is 12.1 Å². The minimum absolute atomic E-state index is 0.182. The molecule has 1 heterocycles. The van der Waals surface area contributed by atoms with Crippen LogP contribution in [-0.4, -0.2) is 24.1 Å². The summed E-state index contributed by atoms with van der Waals surface area (Å²) in [6.45, 7) is 8.69. The Kier molecular flexibility index (Phi) is 3.69. The minimum atomic E-state index is 0.182. The van der Waals surface area contributed by atoms with Gasteiger partial charge in [-0.1, -0.05) is 31.1 Å². The molecule has 0 radical (unpaired) electrons. The van der Waals surface area contributed by atoms with E-state index in [1.54, 1.807) is 0 Å². The molecule has 0 atom stereocenters. The van der Waals surface area contributed by atoms with Crippen molar-refractivity contribution in [2.24, 2.45) is 16.3 Å². The van der Waals surface area contributed by atoms with Gasteiger partial charge in [-0.05, 0) is 36.8 Å². The maximum Gasteiger partial charge on any atom is 0.172 e. The number of hydrogen-bond donors (Lipinski definition) is 2. The second-order valence-electron chi connectivity index (χ2n) is 6.15. The van der Waals surface area contributed by atoms with Crippen molar-refractivity contribution in [2.45, 2.75) is 33.6 Å². The molecule has 3 N–H and O–H groups in total. The van der Waals surface area contributed by atoms with Crippen LogP contribution in [0.5, 0.6) is 0 Å². The van der Waals surface area contributed by atoms with Gasteiger partial charge in [0.05, 0.1) is 5.69 Å². The minimum Gasteiger partial charge on any atom is -0.409 e. The summed E-state index contributed by atoms with van der Waals surface area (Å²) in [6, 6.07) is 5.94. The summed E-state index contributed by atoms with van der Waals surface area (Å²) in [5.41, 5.74) is 9.21. The van der Waals surface area contributed by atoms with Gasteiger partial charge in [0.15, 0.2) is 5.84 Å². The summed E-state index contributed by atoms with van der Waals surface area (Å²) in [5.74, 6) is 0.182. The Bertz CT molecular complexity index is 494. The van der Waals surface area contributed by atoms with Crippen LogP contribution in [0.3, 0.4) is 0 Å². The molecule has 104 valence electrons. The maximum atomic E-state index is 8.95. The fraction of sp³-hybridized carbons (Fsp3) is 0.533. The Morgan fingerprint density at radius 3 is 2.79 bits per heavy atom. The average Bonchev–Trinajstić information content (AvgIpc) is 2.36. The number of aryl methyl sites for hydroxylation is 1. The van der Waals surface area contributed by atoms with Crippen molar-refractivity contribution in [3.8, 4) is 0 Å². The Morgan fingerprint density at radius 2 is 2.16 bits per heavy atom. The van der Waals surface area contributed by atoms with E-state index in [0.717, 1.165) is 24.3 Å². The number of para-hydroxylation sites is 1. The van der Waals surface area contributed by atoms with E-state index in [9.17, 15) is 0 Å². The van der Waals surface area contributed by atoms with E-state index in [-0.39, 0.29) is 5.84 Å². The molecular formula is C15H23N3O. The fourth-order valence-corrected chi connectivity index (χ4v) is 2.95. The number of amidine groups is 1. The molecule has 1 saturated heterocycles. The Morgan fingerprint density at radius 1 is 1.42 bits per heavy atom. The zero-order valence-corrected chi connectivity index (χ0v) is 12.0. The number of rotatable bonds is 2. The average molecular weight is 261 g/mol. The topological polar surface area (TPSA) is 61.9 Å². The third-order valence-electron chi connectivity index (χ3n) is 3.84. The summed E-state index contributed by atoms with van der Waals surface area (Å²) in [4.78, 5) is 2.37. The maximum absolute atomic E-state index is 8.95. The van der Waals surface area contributed by atoms with Gasteiger partial charge in [-0.15, -0.1) is 0 Å². The first-order valence-corrected chi connectivity index (χ1v) is 6.77. The van der Waals surface area contributed by atoms with Crippen molar-refractivity contribution >= 4 is 11.5 Å². The monoisotopic (exact) mass is 261 g/mol. The number of benzene rings is 1. The van der Waals surface area contributed by atoms with Crippen LogP contribution in [0.15, 0.2) is 23.4 Å². The third-order valence-corrected chi connectivity index (χ3v) is 3.84. The lowest BCUT2D eigenvalue weighted by atomic mass is 9.83. The van der Waals surface area contributed by atoms with Gasteiger partial charge in [-0.25, -0.2) is 0 Å². The number of nitrogens with two attached hydrogens (primary N) is 1. The second-order valence-corrected chi connectivity index (χ2v) is 6.15. The summed E-state index contributed by atoms with van der Waals surface area (Å²) >= 11 is 0. The quantitative estimate of drug-likeness (QED) is 0.372. The molecule has 1 aliphatic rings. The van der Waals surface area contributed by atoms with Crippen LogP contribution in [0.25, 0.3) is 0 Å². The first-order valence-electron chi connectivity index (χ1n) is 6.77. The first-order chi connectivity index (χ1) is 8.94.